The van der Waals surface area contributed by atoms with Gasteiger partial charge in [-0.3, -0.25) is 10.00 Å². The van der Waals surface area contributed by atoms with Crippen molar-refractivity contribution in [2.24, 2.45) is 0 Å². The summed E-state index contributed by atoms with van der Waals surface area (Å²) in [5.41, 5.74) is 3.52. The minimum Gasteiger partial charge on any atom is -0.508 e. The van der Waals surface area contributed by atoms with Crippen LogP contribution in [0.2, 0.25) is 0 Å². The summed E-state index contributed by atoms with van der Waals surface area (Å²) in [7, 11) is 0. The number of halogens is 1. The third-order valence-corrected chi connectivity index (χ3v) is 5.03. The number of phenolic OH excluding ortho intramolecular Hbond substituents is 1. The van der Waals surface area contributed by atoms with E-state index in [0.717, 1.165) is 48.9 Å². The number of H-pyrrole nitrogens is 1. The van der Waals surface area contributed by atoms with E-state index < -0.39 is 5.82 Å². The zero-order valence-electron chi connectivity index (χ0n) is 14.9. The lowest BCUT2D eigenvalue weighted by atomic mass is 10.0. The first-order valence-corrected chi connectivity index (χ1v) is 8.81. The van der Waals surface area contributed by atoms with Gasteiger partial charge in [-0.05, 0) is 37.6 Å². The topological polar surface area (TPSA) is 77.1 Å². The van der Waals surface area contributed by atoms with E-state index in [4.69, 9.17) is 0 Å². The number of fused-ring (bicyclic) bond motifs is 1. The summed E-state index contributed by atoms with van der Waals surface area (Å²) in [6.07, 6.45) is 0. The molecule has 26 heavy (non-hydrogen) atoms. The Labute approximate surface area is 151 Å². The van der Waals surface area contributed by atoms with Crippen LogP contribution in [0, 0.1) is 12.7 Å². The summed E-state index contributed by atoms with van der Waals surface area (Å²) in [5.74, 6) is -0.594. The summed E-state index contributed by atoms with van der Waals surface area (Å²) >= 11 is 0. The zero-order valence-corrected chi connectivity index (χ0v) is 14.9. The molecule has 3 N–H and O–H groups in total. The van der Waals surface area contributed by atoms with Crippen LogP contribution in [0.15, 0.2) is 24.3 Å². The molecule has 136 valence electrons. The van der Waals surface area contributed by atoms with E-state index in [-0.39, 0.29) is 5.75 Å². The van der Waals surface area contributed by atoms with E-state index in [2.05, 4.69) is 32.3 Å². The Balaban J connectivity index is 1.81. The summed E-state index contributed by atoms with van der Waals surface area (Å²) in [5, 5.41) is 21.1. The van der Waals surface area contributed by atoms with E-state index in [1.54, 1.807) is 6.07 Å². The second-order valence-corrected chi connectivity index (χ2v) is 6.90. The molecule has 3 heterocycles. The number of piperazine rings is 1. The van der Waals surface area contributed by atoms with E-state index >= 15 is 0 Å². The highest BCUT2D eigenvalue weighted by Crippen LogP contribution is 2.30. The lowest BCUT2D eigenvalue weighted by Crippen LogP contribution is -2.49. The third kappa shape index (κ3) is 3.04. The molecule has 1 atom stereocenters. The molecule has 1 aliphatic heterocycles. The molecule has 0 amide bonds. The number of phenols is 1. The maximum atomic E-state index is 14.3. The summed E-state index contributed by atoms with van der Waals surface area (Å²) in [6.45, 7) is 7.82. The number of benzene rings is 1. The zero-order chi connectivity index (χ0) is 18.3. The van der Waals surface area contributed by atoms with Crippen molar-refractivity contribution in [1.82, 2.24) is 25.4 Å². The minimum absolute atomic E-state index is 0.0993. The van der Waals surface area contributed by atoms with Gasteiger partial charge in [-0.1, -0.05) is 0 Å². The van der Waals surface area contributed by atoms with Crippen LogP contribution in [0.5, 0.6) is 5.75 Å². The number of rotatable bonds is 3. The van der Waals surface area contributed by atoms with Gasteiger partial charge in [0.05, 0.1) is 5.69 Å². The largest absolute Gasteiger partial charge is 0.508 e. The summed E-state index contributed by atoms with van der Waals surface area (Å²) in [4.78, 5) is 6.95. The van der Waals surface area contributed by atoms with Gasteiger partial charge in [-0.15, -0.1) is 0 Å². The lowest BCUT2D eigenvalue weighted by molar-refractivity contribution is 0.166. The fourth-order valence-corrected chi connectivity index (χ4v) is 3.58. The van der Waals surface area contributed by atoms with Gasteiger partial charge in [-0.2, -0.15) is 5.10 Å². The standard InChI is InChI=1S/C19H22FN5O/c1-11-9-21-5-6-25(11)10-13-7-17(15-4-3-14(26)8-16(15)20)22-19-18(13)12(2)23-24-19/h3-4,7-8,11,21,26H,5-6,9-10H2,1-2H3,(H,22,23,24). The highest BCUT2D eigenvalue weighted by atomic mass is 19.1. The Bertz CT molecular complexity index is 954. The van der Waals surface area contributed by atoms with Crippen molar-refractivity contribution in [3.8, 4) is 17.0 Å². The normalized spacial score (nSPS) is 18.5. The Hall–Kier alpha value is -2.51. The second kappa shape index (κ2) is 6.66. The quantitative estimate of drug-likeness (QED) is 0.673. The number of aromatic amines is 1. The molecule has 4 rings (SSSR count). The second-order valence-electron chi connectivity index (χ2n) is 6.90. The van der Waals surface area contributed by atoms with Crippen molar-refractivity contribution in [2.75, 3.05) is 19.6 Å². The molecule has 1 aromatic carbocycles. The highest BCUT2D eigenvalue weighted by Gasteiger charge is 2.21. The van der Waals surface area contributed by atoms with Crippen LogP contribution in [-0.2, 0) is 6.54 Å². The number of pyridine rings is 1. The first kappa shape index (κ1) is 16.9. The molecule has 0 radical (unpaired) electrons. The van der Waals surface area contributed by atoms with Crippen molar-refractivity contribution >= 4 is 11.0 Å². The third-order valence-electron chi connectivity index (χ3n) is 5.03. The Kier molecular flexibility index (Phi) is 4.34. The average molecular weight is 355 g/mol. The van der Waals surface area contributed by atoms with Crippen LogP contribution in [0.3, 0.4) is 0 Å². The molecule has 0 aliphatic carbocycles. The number of nitrogens with zero attached hydrogens (tertiary/aromatic N) is 3. The fraction of sp³-hybridized carbons (Fsp3) is 0.368. The number of hydrogen-bond acceptors (Lipinski definition) is 5. The monoisotopic (exact) mass is 355 g/mol. The van der Waals surface area contributed by atoms with Crippen LogP contribution >= 0.6 is 0 Å². The van der Waals surface area contributed by atoms with Gasteiger partial charge in [-0.25, -0.2) is 9.37 Å². The van der Waals surface area contributed by atoms with Gasteiger partial charge in [0.25, 0.3) is 0 Å². The molecule has 0 saturated carbocycles. The molecule has 1 saturated heterocycles. The van der Waals surface area contributed by atoms with Gasteiger partial charge in [0.2, 0.25) is 0 Å². The molecule has 0 bridgehead atoms. The molecule has 3 aromatic rings. The van der Waals surface area contributed by atoms with Gasteiger partial charge in [0.15, 0.2) is 5.65 Å². The molecule has 6 nitrogen and oxygen atoms in total. The lowest BCUT2D eigenvalue weighted by Gasteiger charge is -2.34. The Morgan fingerprint density at radius 3 is 2.96 bits per heavy atom. The van der Waals surface area contributed by atoms with Gasteiger partial charge in [0.1, 0.15) is 11.6 Å². The first-order chi connectivity index (χ1) is 12.5. The maximum absolute atomic E-state index is 14.3. The minimum atomic E-state index is -0.495. The van der Waals surface area contributed by atoms with Crippen LogP contribution in [0.25, 0.3) is 22.3 Å². The molecular formula is C19H22FN5O. The van der Waals surface area contributed by atoms with E-state index in [0.29, 0.717) is 22.9 Å². The van der Waals surface area contributed by atoms with Crippen LogP contribution < -0.4 is 5.32 Å². The maximum Gasteiger partial charge on any atom is 0.182 e. The Morgan fingerprint density at radius 1 is 1.35 bits per heavy atom. The SMILES string of the molecule is Cc1[nH]nc2nc(-c3ccc(O)cc3F)cc(CN3CCNCC3C)c12. The number of hydrogen-bond donors (Lipinski definition) is 3. The molecule has 2 aromatic heterocycles. The van der Waals surface area contributed by atoms with E-state index in [1.165, 1.54) is 6.07 Å². The van der Waals surface area contributed by atoms with Gasteiger partial charge in [0, 0.05) is 54.9 Å². The highest BCUT2D eigenvalue weighted by molar-refractivity contribution is 5.84. The Morgan fingerprint density at radius 2 is 2.19 bits per heavy atom. The molecule has 1 aliphatic rings. The molecule has 7 heteroatoms. The number of aromatic hydroxyl groups is 1. The number of aryl methyl sites for hydroxylation is 1. The van der Waals surface area contributed by atoms with Gasteiger partial charge >= 0.3 is 0 Å². The van der Waals surface area contributed by atoms with Crippen molar-refractivity contribution < 1.29 is 9.50 Å². The predicted octanol–water partition coefficient (Wildman–Crippen LogP) is 2.57. The smallest absolute Gasteiger partial charge is 0.182 e. The average Bonchev–Trinajstić information content (AvgIpc) is 2.98. The van der Waals surface area contributed by atoms with Crippen molar-refractivity contribution in [1.29, 1.82) is 0 Å². The molecule has 1 fully saturated rings. The van der Waals surface area contributed by atoms with Gasteiger partial charge < -0.3 is 10.4 Å². The van der Waals surface area contributed by atoms with Crippen LogP contribution in [-0.4, -0.2) is 50.9 Å². The van der Waals surface area contributed by atoms with Crippen LogP contribution in [0.1, 0.15) is 18.2 Å². The van der Waals surface area contributed by atoms with Crippen LogP contribution in [0.4, 0.5) is 4.39 Å². The summed E-state index contributed by atoms with van der Waals surface area (Å²) < 4.78 is 14.3. The van der Waals surface area contributed by atoms with Crippen molar-refractivity contribution in [3.63, 3.8) is 0 Å². The molecule has 0 spiro atoms. The molecule has 1 unspecified atom stereocenters. The number of nitrogens with one attached hydrogen (secondary N) is 2. The predicted molar refractivity (Wildman–Crippen MR) is 98.4 cm³/mol. The van der Waals surface area contributed by atoms with Crippen molar-refractivity contribution in [2.45, 2.75) is 26.4 Å². The van der Waals surface area contributed by atoms with E-state index in [1.807, 2.05) is 13.0 Å². The number of aromatic nitrogens is 3. The van der Waals surface area contributed by atoms with E-state index in [9.17, 15) is 9.50 Å². The molecular weight excluding hydrogens is 333 g/mol. The fourth-order valence-electron chi connectivity index (χ4n) is 3.58. The summed E-state index contributed by atoms with van der Waals surface area (Å²) in [6, 6.07) is 6.49. The first-order valence-electron chi connectivity index (χ1n) is 8.81. The van der Waals surface area contributed by atoms with Crippen molar-refractivity contribution in [3.05, 3.63) is 41.3 Å².